The van der Waals surface area contributed by atoms with Crippen LogP contribution in [0, 0.1) is 17.2 Å². The minimum Gasteiger partial charge on any atom is -0.478 e. The lowest BCUT2D eigenvalue weighted by atomic mass is 9.68. The number of Topliss-reactive ketones (excluding diaryl/α,β-unsaturated/α-hetero) is 1. The van der Waals surface area contributed by atoms with Crippen LogP contribution in [0.3, 0.4) is 0 Å². The van der Waals surface area contributed by atoms with Gasteiger partial charge in [-0.1, -0.05) is 32.0 Å². The molecule has 1 heterocycles. The van der Waals surface area contributed by atoms with E-state index in [4.69, 9.17) is 15.2 Å². The van der Waals surface area contributed by atoms with E-state index in [1.807, 2.05) is 13.8 Å². The van der Waals surface area contributed by atoms with Crippen molar-refractivity contribution in [2.75, 3.05) is 6.61 Å². The Labute approximate surface area is 152 Å². The molecule has 26 heavy (non-hydrogen) atoms. The van der Waals surface area contributed by atoms with Crippen LogP contribution in [-0.2, 0) is 19.1 Å². The predicted molar refractivity (Wildman–Crippen MR) is 93.4 cm³/mol. The molecule has 3 rings (SSSR count). The number of ketones is 1. The molecule has 0 saturated carbocycles. The molecule has 0 radical (unpaired) electrons. The van der Waals surface area contributed by atoms with Gasteiger partial charge in [-0.15, -0.1) is 0 Å². The molecular formula is C20H24FNO4. The molecule has 2 aliphatic rings. The van der Waals surface area contributed by atoms with Gasteiger partial charge in [0.25, 0.3) is 0 Å². The van der Waals surface area contributed by atoms with Gasteiger partial charge in [0.05, 0.1) is 6.61 Å². The second kappa shape index (κ2) is 6.83. The van der Waals surface area contributed by atoms with E-state index in [-0.39, 0.29) is 23.4 Å². The average molecular weight is 361 g/mol. The maximum Gasteiger partial charge on any atom is 0.315 e. The Kier molecular flexibility index (Phi) is 4.88. The molecule has 2 N–H and O–H groups in total. The molecule has 0 fully saturated rings. The third-order valence-electron chi connectivity index (χ3n) is 4.98. The summed E-state index contributed by atoms with van der Waals surface area (Å²) in [5.41, 5.74) is 6.49. The van der Waals surface area contributed by atoms with Gasteiger partial charge in [0.1, 0.15) is 17.5 Å². The molecule has 1 aliphatic carbocycles. The number of carbonyl (C=O) groups is 2. The highest BCUT2D eigenvalue weighted by molar-refractivity contribution is 6.00. The van der Waals surface area contributed by atoms with Gasteiger partial charge in [0.15, 0.2) is 12.0 Å². The van der Waals surface area contributed by atoms with Crippen LogP contribution in [0.1, 0.15) is 45.1 Å². The fourth-order valence-corrected chi connectivity index (χ4v) is 3.92. The van der Waals surface area contributed by atoms with E-state index >= 15 is 0 Å². The number of halogens is 1. The highest BCUT2D eigenvalue weighted by Crippen LogP contribution is 2.49. The molecule has 6 heteroatoms. The number of esters is 1. The van der Waals surface area contributed by atoms with Gasteiger partial charge in [-0.05, 0) is 24.0 Å². The number of nitrogens with two attached hydrogens (primary N) is 1. The number of hydrogen-bond donors (Lipinski definition) is 1. The maximum atomic E-state index is 14.6. The third kappa shape index (κ3) is 3.26. The van der Waals surface area contributed by atoms with E-state index in [0.717, 1.165) is 0 Å². The molecule has 0 saturated heterocycles. The fraction of sp³-hybridized carbons (Fsp3) is 0.500. The van der Waals surface area contributed by atoms with Crippen molar-refractivity contribution in [3.05, 3.63) is 47.0 Å². The van der Waals surface area contributed by atoms with Gasteiger partial charge < -0.3 is 9.47 Å². The summed E-state index contributed by atoms with van der Waals surface area (Å²) in [7, 11) is 0. The number of hydrogen-bond acceptors (Lipinski definition) is 5. The number of benzene rings is 1. The van der Waals surface area contributed by atoms with Crippen molar-refractivity contribution in [2.45, 2.75) is 45.8 Å². The van der Waals surface area contributed by atoms with Crippen molar-refractivity contribution in [1.82, 2.24) is 0 Å². The van der Waals surface area contributed by atoms with Crippen molar-refractivity contribution in [3.63, 3.8) is 0 Å². The largest absolute Gasteiger partial charge is 0.478 e. The Morgan fingerprint density at radius 3 is 2.69 bits per heavy atom. The van der Waals surface area contributed by atoms with Crippen LogP contribution in [0.15, 0.2) is 35.6 Å². The van der Waals surface area contributed by atoms with E-state index in [1.54, 1.807) is 25.1 Å². The molecule has 140 valence electrons. The lowest BCUT2D eigenvalue weighted by Crippen LogP contribution is -2.49. The molecule has 1 aromatic carbocycles. The Balaban J connectivity index is 2.17. The second-order valence-corrected chi connectivity index (χ2v) is 7.64. The van der Waals surface area contributed by atoms with Crippen LogP contribution >= 0.6 is 0 Å². The first kappa shape index (κ1) is 18.6. The van der Waals surface area contributed by atoms with Gasteiger partial charge in [0, 0.05) is 24.3 Å². The standard InChI is InChI=1S/C20H24FNO4/c1-4-25-19(24)17-15(11-7-5-6-8-12(11)21)16-13(23)9-20(2,3)10-14(16)26-18(17)22/h5-8,15,17-18H,4,9-10,22H2,1-3H3. The molecule has 5 nitrogen and oxygen atoms in total. The Morgan fingerprint density at radius 1 is 1.35 bits per heavy atom. The summed E-state index contributed by atoms with van der Waals surface area (Å²) in [5.74, 6) is -2.52. The van der Waals surface area contributed by atoms with Gasteiger partial charge in [-0.25, -0.2) is 4.39 Å². The van der Waals surface area contributed by atoms with Crippen molar-refractivity contribution in [2.24, 2.45) is 17.1 Å². The Bertz CT molecular complexity index is 771. The molecule has 1 aliphatic heterocycles. The quantitative estimate of drug-likeness (QED) is 0.837. The summed E-state index contributed by atoms with van der Waals surface area (Å²) in [6.45, 7) is 5.79. The highest BCUT2D eigenvalue weighted by atomic mass is 19.1. The van der Waals surface area contributed by atoms with E-state index in [0.29, 0.717) is 24.2 Å². The number of rotatable bonds is 3. The van der Waals surface area contributed by atoms with Crippen molar-refractivity contribution in [3.8, 4) is 0 Å². The Morgan fingerprint density at radius 2 is 2.04 bits per heavy atom. The van der Waals surface area contributed by atoms with E-state index in [1.165, 1.54) is 6.07 Å². The minimum atomic E-state index is -1.00. The molecule has 0 amide bonds. The van der Waals surface area contributed by atoms with Crippen LogP contribution in [-0.4, -0.2) is 24.6 Å². The summed E-state index contributed by atoms with van der Waals surface area (Å²) >= 11 is 0. The molecule has 3 atom stereocenters. The lowest BCUT2D eigenvalue weighted by molar-refractivity contribution is -0.155. The smallest absolute Gasteiger partial charge is 0.315 e. The van der Waals surface area contributed by atoms with E-state index in [2.05, 4.69) is 0 Å². The van der Waals surface area contributed by atoms with Crippen LogP contribution in [0.25, 0.3) is 0 Å². The van der Waals surface area contributed by atoms with Crippen LogP contribution in [0.4, 0.5) is 4.39 Å². The summed E-state index contributed by atoms with van der Waals surface area (Å²) in [4.78, 5) is 25.5. The molecule has 3 unspecified atom stereocenters. The van der Waals surface area contributed by atoms with Crippen LogP contribution < -0.4 is 5.73 Å². The van der Waals surface area contributed by atoms with E-state index in [9.17, 15) is 14.0 Å². The highest BCUT2D eigenvalue weighted by Gasteiger charge is 2.50. The lowest BCUT2D eigenvalue weighted by Gasteiger charge is -2.42. The molecule has 0 bridgehead atoms. The topological polar surface area (TPSA) is 78.6 Å². The van der Waals surface area contributed by atoms with Crippen molar-refractivity contribution >= 4 is 11.8 Å². The summed E-state index contributed by atoms with van der Waals surface area (Å²) in [5, 5.41) is 0. The normalized spacial score (nSPS) is 27.6. The SMILES string of the molecule is CCOC(=O)C1C(N)OC2=C(C(=O)CC(C)(C)C2)C1c1ccccc1F. The average Bonchev–Trinajstić information content (AvgIpc) is 2.53. The maximum absolute atomic E-state index is 14.6. The van der Waals surface area contributed by atoms with Crippen molar-refractivity contribution in [1.29, 1.82) is 0 Å². The minimum absolute atomic E-state index is 0.134. The molecule has 0 spiro atoms. The van der Waals surface area contributed by atoms with Gasteiger partial charge >= 0.3 is 5.97 Å². The number of allylic oxidation sites excluding steroid dienone is 2. The van der Waals surface area contributed by atoms with E-state index < -0.39 is 29.9 Å². The zero-order valence-corrected chi connectivity index (χ0v) is 15.3. The van der Waals surface area contributed by atoms with Crippen molar-refractivity contribution < 1.29 is 23.5 Å². The zero-order chi connectivity index (χ0) is 19.1. The molecule has 0 aromatic heterocycles. The number of carbonyl (C=O) groups excluding carboxylic acids is 2. The predicted octanol–water partition coefficient (Wildman–Crippen LogP) is 3.05. The van der Waals surface area contributed by atoms with Gasteiger partial charge in [-0.3, -0.25) is 15.3 Å². The monoisotopic (exact) mass is 361 g/mol. The molecule has 1 aromatic rings. The first-order valence-corrected chi connectivity index (χ1v) is 8.84. The summed E-state index contributed by atoms with van der Waals surface area (Å²) in [6, 6.07) is 6.15. The Hall–Kier alpha value is -2.21. The number of ether oxygens (including phenoxy) is 2. The summed E-state index contributed by atoms with van der Waals surface area (Å²) < 4.78 is 25.5. The third-order valence-corrected chi connectivity index (χ3v) is 4.98. The molecular weight excluding hydrogens is 337 g/mol. The summed E-state index contributed by atoms with van der Waals surface area (Å²) in [6.07, 6.45) is -0.174. The zero-order valence-electron chi connectivity index (χ0n) is 15.3. The van der Waals surface area contributed by atoms with Gasteiger partial charge in [-0.2, -0.15) is 0 Å². The van der Waals surface area contributed by atoms with Crippen LogP contribution in [0.2, 0.25) is 0 Å². The van der Waals surface area contributed by atoms with Gasteiger partial charge in [0.2, 0.25) is 0 Å². The second-order valence-electron chi connectivity index (χ2n) is 7.64. The first-order chi connectivity index (χ1) is 12.2. The fourth-order valence-electron chi connectivity index (χ4n) is 3.92. The van der Waals surface area contributed by atoms with Crippen LogP contribution in [0.5, 0.6) is 0 Å². The first-order valence-electron chi connectivity index (χ1n) is 8.84.